The fourth-order valence-corrected chi connectivity index (χ4v) is 2.71. The van der Waals surface area contributed by atoms with Gasteiger partial charge < -0.3 is 15.4 Å². The van der Waals surface area contributed by atoms with Crippen LogP contribution in [-0.4, -0.2) is 18.9 Å². The second-order valence-corrected chi connectivity index (χ2v) is 6.40. The maximum absolute atomic E-state index is 12.6. The number of ether oxygens (including phenoxy) is 1. The summed E-state index contributed by atoms with van der Waals surface area (Å²) in [4.78, 5) is 25.1. The zero-order chi connectivity index (χ0) is 19.9. The quantitative estimate of drug-likeness (QED) is 0.680. The van der Waals surface area contributed by atoms with Gasteiger partial charge in [-0.25, -0.2) is 0 Å². The topological polar surface area (TPSA) is 67.4 Å². The highest BCUT2D eigenvalue weighted by Gasteiger charge is 2.14. The van der Waals surface area contributed by atoms with E-state index in [1.165, 1.54) is 0 Å². The summed E-state index contributed by atoms with van der Waals surface area (Å²) >= 11 is 0. The predicted molar refractivity (Wildman–Crippen MR) is 110 cm³/mol. The number of methoxy groups -OCH3 is 1. The van der Waals surface area contributed by atoms with Crippen LogP contribution in [0.2, 0.25) is 0 Å². The van der Waals surface area contributed by atoms with Crippen molar-refractivity contribution in [3.63, 3.8) is 0 Å². The fourth-order valence-electron chi connectivity index (χ4n) is 2.71. The first kappa shape index (κ1) is 19.2. The highest BCUT2D eigenvalue weighted by Crippen LogP contribution is 2.17. The fraction of sp³-hybridized carbons (Fsp3) is 0.130. The normalized spacial score (nSPS) is 10.2. The second-order valence-electron chi connectivity index (χ2n) is 6.40. The third kappa shape index (κ3) is 4.76. The van der Waals surface area contributed by atoms with Gasteiger partial charge in [-0.15, -0.1) is 0 Å². The van der Waals surface area contributed by atoms with Gasteiger partial charge >= 0.3 is 0 Å². The van der Waals surface area contributed by atoms with Crippen molar-refractivity contribution in [2.45, 2.75) is 13.5 Å². The predicted octanol–water partition coefficient (Wildman–Crippen LogP) is 4.19. The van der Waals surface area contributed by atoms with E-state index in [0.717, 1.165) is 16.9 Å². The summed E-state index contributed by atoms with van der Waals surface area (Å²) in [6.45, 7) is 2.34. The number of nitrogens with one attached hydrogen (secondary N) is 2. The van der Waals surface area contributed by atoms with Gasteiger partial charge in [-0.05, 0) is 48.9 Å². The van der Waals surface area contributed by atoms with Gasteiger partial charge in [0.2, 0.25) is 0 Å². The molecule has 0 saturated heterocycles. The minimum Gasteiger partial charge on any atom is -0.497 e. The molecule has 0 saturated carbocycles. The van der Waals surface area contributed by atoms with Gasteiger partial charge in [0.15, 0.2) is 0 Å². The molecule has 0 bridgehead atoms. The number of para-hydroxylation sites is 1. The first-order valence-corrected chi connectivity index (χ1v) is 8.95. The lowest BCUT2D eigenvalue weighted by Crippen LogP contribution is -2.24. The molecule has 0 aromatic heterocycles. The molecule has 3 aromatic rings. The summed E-state index contributed by atoms with van der Waals surface area (Å²) in [5, 5.41) is 5.71. The van der Waals surface area contributed by atoms with E-state index in [0.29, 0.717) is 23.4 Å². The van der Waals surface area contributed by atoms with Crippen LogP contribution in [0.3, 0.4) is 0 Å². The standard InChI is InChI=1S/C23H22N2O3/c1-16-7-11-18(12-8-16)22(26)25-21-6-4-3-5-20(21)23(27)24-15-17-9-13-19(28-2)14-10-17/h3-14H,15H2,1-2H3,(H,24,27)(H,25,26). The Morgan fingerprint density at radius 3 is 2.21 bits per heavy atom. The van der Waals surface area contributed by atoms with E-state index in [9.17, 15) is 9.59 Å². The Balaban J connectivity index is 1.69. The zero-order valence-corrected chi connectivity index (χ0v) is 15.9. The highest BCUT2D eigenvalue weighted by atomic mass is 16.5. The third-order valence-corrected chi connectivity index (χ3v) is 4.35. The monoisotopic (exact) mass is 374 g/mol. The van der Waals surface area contributed by atoms with E-state index in [-0.39, 0.29) is 11.8 Å². The van der Waals surface area contributed by atoms with E-state index in [1.54, 1.807) is 43.5 Å². The van der Waals surface area contributed by atoms with Gasteiger partial charge in [-0.1, -0.05) is 42.0 Å². The van der Waals surface area contributed by atoms with Crippen molar-refractivity contribution in [3.8, 4) is 5.75 Å². The lowest BCUT2D eigenvalue weighted by molar-refractivity contribution is 0.0952. The van der Waals surface area contributed by atoms with Crippen LogP contribution in [0.25, 0.3) is 0 Å². The molecule has 0 atom stereocenters. The molecule has 0 heterocycles. The van der Waals surface area contributed by atoms with Crippen molar-refractivity contribution in [1.82, 2.24) is 5.32 Å². The Morgan fingerprint density at radius 2 is 1.54 bits per heavy atom. The van der Waals surface area contributed by atoms with Gasteiger partial charge in [0, 0.05) is 12.1 Å². The van der Waals surface area contributed by atoms with E-state index in [1.807, 2.05) is 43.3 Å². The van der Waals surface area contributed by atoms with Crippen molar-refractivity contribution in [2.75, 3.05) is 12.4 Å². The number of carbonyl (C=O) groups is 2. The van der Waals surface area contributed by atoms with Crippen LogP contribution in [0.5, 0.6) is 5.75 Å². The molecular formula is C23H22N2O3. The van der Waals surface area contributed by atoms with Crippen molar-refractivity contribution in [3.05, 3.63) is 95.1 Å². The molecule has 0 aliphatic rings. The summed E-state index contributed by atoms with van der Waals surface area (Å²) in [5.41, 5.74) is 3.46. The van der Waals surface area contributed by atoms with Crippen molar-refractivity contribution >= 4 is 17.5 Å². The first-order chi connectivity index (χ1) is 13.6. The number of benzene rings is 3. The van der Waals surface area contributed by atoms with Gasteiger partial charge in [0.05, 0.1) is 18.4 Å². The minimum absolute atomic E-state index is 0.254. The molecule has 0 aliphatic carbocycles. The number of amides is 2. The maximum atomic E-state index is 12.6. The molecule has 142 valence electrons. The number of rotatable bonds is 6. The van der Waals surface area contributed by atoms with E-state index in [2.05, 4.69) is 10.6 Å². The van der Waals surface area contributed by atoms with E-state index < -0.39 is 0 Å². The molecule has 2 amide bonds. The van der Waals surface area contributed by atoms with Crippen molar-refractivity contribution < 1.29 is 14.3 Å². The first-order valence-electron chi connectivity index (χ1n) is 8.95. The van der Waals surface area contributed by atoms with E-state index >= 15 is 0 Å². The van der Waals surface area contributed by atoms with Crippen LogP contribution in [0, 0.1) is 6.92 Å². The molecule has 28 heavy (non-hydrogen) atoms. The Morgan fingerprint density at radius 1 is 0.857 bits per heavy atom. The van der Waals surface area contributed by atoms with E-state index in [4.69, 9.17) is 4.74 Å². The summed E-state index contributed by atoms with van der Waals surface area (Å²) in [6.07, 6.45) is 0. The van der Waals surface area contributed by atoms with Gasteiger partial charge in [-0.2, -0.15) is 0 Å². The van der Waals surface area contributed by atoms with Crippen LogP contribution in [-0.2, 0) is 6.54 Å². The molecule has 3 rings (SSSR count). The number of hydrogen-bond donors (Lipinski definition) is 2. The molecule has 2 N–H and O–H groups in total. The molecule has 5 heteroatoms. The van der Waals surface area contributed by atoms with Crippen LogP contribution in [0.15, 0.2) is 72.8 Å². The highest BCUT2D eigenvalue weighted by molar-refractivity contribution is 6.09. The Kier molecular flexibility index (Phi) is 6.07. The van der Waals surface area contributed by atoms with Crippen LogP contribution < -0.4 is 15.4 Å². The van der Waals surface area contributed by atoms with Crippen molar-refractivity contribution in [2.24, 2.45) is 0 Å². The largest absolute Gasteiger partial charge is 0.497 e. The lowest BCUT2D eigenvalue weighted by Gasteiger charge is -2.12. The zero-order valence-electron chi connectivity index (χ0n) is 15.9. The molecule has 5 nitrogen and oxygen atoms in total. The molecule has 0 unspecified atom stereocenters. The molecule has 3 aromatic carbocycles. The molecule has 0 aliphatic heterocycles. The Labute approximate surface area is 164 Å². The van der Waals surface area contributed by atoms with Crippen LogP contribution in [0.1, 0.15) is 31.8 Å². The number of anilines is 1. The van der Waals surface area contributed by atoms with Crippen molar-refractivity contribution in [1.29, 1.82) is 0 Å². The SMILES string of the molecule is COc1ccc(CNC(=O)c2ccccc2NC(=O)c2ccc(C)cc2)cc1. The average Bonchev–Trinajstić information content (AvgIpc) is 2.73. The Hall–Kier alpha value is -3.60. The summed E-state index contributed by atoms with van der Waals surface area (Å²) in [5.74, 6) is 0.255. The van der Waals surface area contributed by atoms with Gasteiger partial charge in [0.1, 0.15) is 5.75 Å². The minimum atomic E-state index is -0.254. The molecule has 0 fully saturated rings. The summed E-state index contributed by atoms with van der Waals surface area (Å²) in [7, 11) is 1.61. The van der Waals surface area contributed by atoms with Crippen LogP contribution in [0.4, 0.5) is 5.69 Å². The number of carbonyl (C=O) groups excluding carboxylic acids is 2. The smallest absolute Gasteiger partial charge is 0.255 e. The molecule has 0 radical (unpaired) electrons. The molecule has 0 spiro atoms. The molecular weight excluding hydrogens is 352 g/mol. The van der Waals surface area contributed by atoms with Gasteiger partial charge in [0.25, 0.3) is 11.8 Å². The second kappa shape index (κ2) is 8.86. The number of aryl methyl sites for hydroxylation is 1. The Bertz CT molecular complexity index is 964. The maximum Gasteiger partial charge on any atom is 0.255 e. The third-order valence-electron chi connectivity index (χ3n) is 4.35. The summed E-state index contributed by atoms with van der Waals surface area (Å²) < 4.78 is 5.13. The lowest BCUT2D eigenvalue weighted by atomic mass is 10.1. The number of hydrogen-bond acceptors (Lipinski definition) is 3. The van der Waals surface area contributed by atoms with Crippen LogP contribution >= 0.6 is 0 Å². The average molecular weight is 374 g/mol. The van der Waals surface area contributed by atoms with Gasteiger partial charge in [-0.3, -0.25) is 9.59 Å². The summed E-state index contributed by atoms with van der Waals surface area (Å²) in [6, 6.07) is 21.7.